The topological polar surface area (TPSA) is 113 Å². The summed E-state index contributed by atoms with van der Waals surface area (Å²) in [5, 5.41) is 16.8. The van der Waals surface area contributed by atoms with Crippen molar-refractivity contribution in [1.29, 1.82) is 0 Å². The van der Waals surface area contributed by atoms with Crippen molar-refractivity contribution in [2.45, 2.75) is 37.4 Å². The van der Waals surface area contributed by atoms with Gasteiger partial charge >= 0.3 is 0 Å². The van der Waals surface area contributed by atoms with Crippen LogP contribution in [0.2, 0.25) is 0 Å². The zero-order chi connectivity index (χ0) is 17.3. The van der Waals surface area contributed by atoms with Crippen molar-refractivity contribution in [3.63, 3.8) is 0 Å². The van der Waals surface area contributed by atoms with Crippen LogP contribution in [0.4, 0.5) is 0 Å². The van der Waals surface area contributed by atoms with Crippen molar-refractivity contribution in [3.8, 4) is 0 Å². The van der Waals surface area contributed by atoms with Crippen molar-refractivity contribution < 1.29 is 19.7 Å². The van der Waals surface area contributed by atoms with Crippen LogP contribution in [0.1, 0.15) is 24.3 Å². The number of nitrogens with one attached hydrogen (secondary N) is 2. The van der Waals surface area contributed by atoms with Crippen LogP contribution in [-0.2, 0) is 14.5 Å². The number of hydrogen-bond acceptors (Lipinski definition) is 10. The lowest BCUT2D eigenvalue weighted by Crippen LogP contribution is -2.52. The fourth-order valence-electron chi connectivity index (χ4n) is 3.36. The van der Waals surface area contributed by atoms with E-state index in [9.17, 15) is 0 Å². The van der Waals surface area contributed by atoms with E-state index in [1.807, 2.05) is 0 Å². The van der Waals surface area contributed by atoms with Crippen LogP contribution >= 0.6 is 23.6 Å². The van der Waals surface area contributed by atoms with E-state index in [1.165, 1.54) is 25.6 Å². The molecule has 24 heavy (non-hydrogen) atoms. The molecule has 2 aliphatic rings. The van der Waals surface area contributed by atoms with Gasteiger partial charge in [-0.15, -0.1) is 4.99 Å². The van der Waals surface area contributed by atoms with Crippen LogP contribution in [0.15, 0.2) is 9.98 Å². The molecule has 0 amide bonds. The normalized spacial score (nSPS) is 32.6. The number of aliphatic imine (C=N–C) groups is 2. The first-order chi connectivity index (χ1) is 11.6. The number of aromatic amines is 1. The third-order valence-corrected chi connectivity index (χ3v) is 5.71. The second-order valence-corrected chi connectivity index (χ2v) is 7.42. The molecule has 0 spiro atoms. The maximum Gasteiger partial charge on any atom is 0.273 e. The predicted molar refractivity (Wildman–Crippen MR) is 90.9 cm³/mol. The summed E-state index contributed by atoms with van der Waals surface area (Å²) in [7, 11) is 3.07. The van der Waals surface area contributed by atoms with E-state index in [4.69, 9.17) is 31.9 Å². The number of rotatable bonds is 3. The highest BCUT2D eigenvalue weighted by atomic mass is 32.1. The molecule has 0 saturated heterocycles. The van der Waals surface area contributed by atoms with Crippen LogP contribution in [0.25, 0.3) is 0 Å². The predicted octanol–water partition coefficient (Wildman–Crippen LogP) is 1.53. The van der Waals surface area contributed by atoms with Gasteiger partial charge in [0.2, 0.25) is 0 Å². The fourth-order valence-corrected chi connectivity index (χ4v) is 4.53. The molecule has 1 aromatic heterocycles. The lowest BCUT2D eigenvalue weighted by atomic mass is 9.71. The Balaban J connectivity index is 2.01. The number of hydrogen-bond donors (Lipinski definition) is 3. The molecule has 5 unspecified atom stereocenters. The van der Waals surface area contributed by atoms with Gasteiger partial charge in [0, 0.05) is 12.0 Å². The Bertz CT molecular complexity index is 703. The van der Waals surface area contributed by atoms with E-state index >= 15 is 0 Å². The zero-order valence-corrected chi connectivity index (χ0v) is 15.1. The molecule has 0 aromatic carbocycles. The number of H-pyrrole nitrogens is 1. The first kappa shape index (κ1) is 17.4. The third kappa shape index (κ3) is 3.09. The van der Waals surface area contributed by atoms with E-state index in [0.717, 1.165) is 5.01 Å². The lowest BCUT2D eigenvalue weighted by Gasteiger charge is -2.43. The first-order valence-electron chi connectivity index (χ1n) is 7.44. The number of methoxy groups -OCH3 is 2. The molecule has 1 aliphatic carbocycles. The summed E-state index contributed by atoms with van der Waals surface area (Å²) >= 11 is 6.58. The molecule has 0 bridgehead atoms. The molecule has 0 radical (unpaired) electrons. The largest absolute Gasteiger partial charge is 0.477 e. The third-order valence-electron chi connectivity index (χ3n) is 4.52. The number of nitrogens with zero attached hydrogens (tertiary/aromatic N) is 3. The van der Waals surface area contributed by atoms with Crippen molar-refractivity contribution >= 4 is 35.4 Å². The van der Waals surface area contributed by atoms with Crippen molar-refractivity contribution in [2.24, 2.45) is 15.9 Å². The van der Waals surface area contributed by atoms with Crippen LogP contribution < -0.4 is 5.48 Å². The van der Waals surface area contributed by atoms with E-state index in [1.54, 1.807) is 0 Å². The smallest absolute Gasteiger partial charge is 0.273 e. The molecule has 9 nitrogen and oxygen atoms in total. The molecule has 3 N–H and O–H groups in total. The summed E-state index contributed by atoms with van der Waals surface area (Å²) in [6.07, 6.45) is 0.631. The standard InChI is InChI=1S/C13H19N5O4S2/c1-5-6(18-22-19)4-7-9(8(5)12-16-17-13(23)24-12)15-11(21-3)10(14-7)20-2/h5-9,18-19H,4H2,1-3H3,(H,17,23). The van der Waals surface area contributed by atoms with Gasteiger partial charge in [0.25, 0.3) is 11.8 Å². The molecular weight excluding hydrogens is 354 g/mol. The van der Waals surface area contributed by atoms with Crippen LogP contribution in [0.5, 0.6) is 0 Å². The van der Waals surface area contributed by atoms with Crippen LogP contribution in [0.3, 0.4) is 0 Å². The second kappa shape index (κ2) is 7.23. The van der Waals surface area contributed by atoms with Crippen molar-refractivity contribution in [3.05, 3.63) is 8.96 Å². The van der Waals surface area contributed by atoms with Gasteiger partial charge in [-0.2, -0.15) is 10.6 Å². The minimum absolute atomic E-state index is 0.0540. The minimum Gasteiger partial charge on any atom is -0.477 e. The monoisotopic (exact) mass is 373 g/mol. The Kier molecular flexibility index (Phi) is 5.25. The van der Waals surface area contributed by atoms with Crippen LogP contribution in [-0.4, -0.2) is 59.6 Å². The van der Waals surface area contributed by atoms with Gasteiger partial charge in [-0.05, 0) is 24.6 Å². The summed E-state index contributed by atoms with van der Waals surface area (Å²) in [6, 6.07) is -0.426. The zero-order valence-electron chi connectivity index (χ0n) is 13.4. The Labute approximate surface area is 147 Å². The minimum atomic E-state index is -0.153. The quantitative estimate of drug-likeness (QED) is 0.418. The van der Waals surface area contributed by atoms with E-state index in [2.05, 4.69) is 32.6 Å². The van der Waals surface area contributed by atoms with E-state index < -0.39 is 0 Å². The number of fused-ring (bicyclic) bond motifs is 1. The number of hydroxylamine groups is 1. The molecule has 1 saturated carbocycles. The molecule has 1 aromatic rings. The Morgan fingerprint density at radius 3 is 2.58 bits per heavy atom. The highest BCUT2D eigenvalue weighted by Gasteiger charge is 2.47. The number of ether oxygens (including phenoxy) is 2. The maximum atomic E-state index is 8.82. The van der Waals surface area contributed by atoms with Gasteiger partial charge in [0.05, 0.1) is 26.3 Å². The summed E-state index contributed by atoms with van der Waals surface area (Å²) in [6.45, 7) is 2.06. The molecule has 11 heteroatoms. The Hall–Kier alpha value is -1.40. The average Bonchev–Trinajstić information content (AvgIpc) is 3.00. The Morgan fingerprint density at radius 1 is 1.29 bits per heavy atom. The molecular formula is C13H19N5O4S2. The average molecular weight is 373 g/mol. The first-order valence-corrected chi connectivity index (χ1v) is 8.66. The van der Waals surface area contributed by atoms with Gasteiger partial charge in [-0.25, -0.2) is 15.2 Å². The van der Waals surface area contributed by atoms with Gasteiger partial charge in [0.15, 0.2) is 3.95 Å². The highest BCUT2D eigenvalue weighted by molar-refractivity contribution is 7.73. The maximum absolute atomic E-state index is 8.82. The molecule has 1 aliphatic heterocycles. The van der Waals surface area contributed by atoms with Gasteiger partial charge in [-0.3, -0.25) is 5.10 Å². The molecule has 5 atom stereocenters. The second-order valence-electron chi connectivity index (χ2n) is 5.72. The Morgan fingerprint density at radius 2 is 2.00 bits per heavy atom. The lowest BCUT2D eigenvalue weighted by molar-refractivity contribution is -0.304. The van der Waals surface area contributed by atoms with Crippen LogP contribution in [0, 0.1) is 9.87 Å². The van der Waals surface area contributed by atoms with Gasteiger partial charge in [0.1, 0.15) is 5.01 Å². The van der Waals surface area contributed by atoms with E-state index in [0.29, 0.717) is 22.2 Å². The van der Waals surface area contributed by atoms with Gasteiger partial charge < -0.3 is 9.47 Å². The SMILES string of the molecule is COC1=NC2CC(NOO)C(C)C(c3n[nH]c(=S)s3)C2N=C1OC. The molecule has 3 rings (SSSR count). The fraction of sp³-hybridized carbons (Fsp3) is 0.692. The number of aromatic nitrogens is 2. The summed E-state index contributed by atoms with van der Waals surface area (Å²) in [4.78, 5) is 13.5. The highest BCUT2D eigenvalue weighted by Crippen LogP contribution is 2.42. The molecule has 1 fully saturated rings. The van der Waals surface area contributed by atoms with Crippen molar-refractivity contribution in [2.75, 3.05) is 14.2 Å². The van der Waals surface area contributed by atoms with E-state index in [-0.39, 0.29) is 30.0 Å². The summed E-state index contributed by atoms with van der Waals surface area (Å²) in [5.41, 5.74) is 2.64. The molecule has 132 valence electrons. The summed E-state index contributed by atoms with van der Waals surface area (Å²) < 4.78 is 11.2. The summed E-state index contributed by atoms with van der Waals surface area (Å²) in [5.74, 6) is 0.764. The molecule has 2 heterocycles. The van der Waals surface area contributed by atoms with Gasteiger partial charge in [-0.1, -0.05) is 18.3 Å². The van der Waals surface area contributed by atoms with Crippen molar-refractivity contribution in [1.82, 2.24) is 15.7 Å².